The highest BCUT2D eigenvalue weighted by Crippen LogP contribution is 2.36. The van der Waals surface area contributed by atoms with E-state index in [-0.39, 0.29) is 28.9 Å². The molecule has 1 aliphatic rings. The van der Waals surface area contributed by atoms with Crippen molar-refractivity contribution in [3.8, 4) is 6.07 Å². The van der Waals surface area contributed by atoms with Crippen LogP contribution in [0, 0.1) is 11.3 Å². The van der Waals surface area contributed by atoms with Gasteiger partial charge in [-0.05, 0) is 0 Å². The SMILES string of the molecule is CO[C@@H]1[C@H](O)[C@@H](CO)O[C@H]1n1cc(C#N)c2c(Cl)nc(N)nc21. The molecule has 0 amide bonds. The number of methoxy groups -OCH3 is 1. The molecule has 0 saturated carbocycles. The molecule has 0 spiro atoms. The summed E-state index contributed by atoms with van der Waals surface area (Å²) < 4.78 is 12.4. The first-order valence-electron chi connectivity index (χ1n) is 6.72. The van der Waals surface area contributed by atoms with Gasteiger partial charge in [0.2, 0.25) is 5.95 Å². The van der Waals surface area contributed by atoms with E-state index in [2.05, 4.69) is 9.97 Å². The molecule has 1 saturated heterocycles. The summed E-state index contributed by atoms with van der Waals surface area (Å²) in [6, 6.07) is 2.01. The van der Waals surface area contributed by atoms with Gasteiger partial charge >= 0.3 is 0 Å². The number of fused-ring (bicyclic) bond motifs is 1. The Hall–Kier alpha value is -1.96. The van der Waals surface area contributed by atoms with E-state index in [0.29, 0.717) is 5.39 Å². The number of aromatic nitrogens is 3. The molecule has 9 nitrogen and oxygen atoms in total. The van der Waals surface area contributed by atoms with Gasteiger partial charge in [0.05, 0.1) is 17.6 Å². The fraction of sp³-hybridized carbons (Fsp3) is 0.462. The molecule has 3 heterocycles. The minimum atomic E-state index is -1.03. The summed E-state index contributed by atoms with van der Waals surface area (Å²) in [4.78, 5) is 7.95. The third-order valence-electron chi connectivity index (χ3n) is 3.80. The quantitative estimate of drug-likeness (QED) is 0.653. The Kier molecular flexibility index (Phi) is 4.09. The van der Waals surface area contributed by atoms with Crippen molar-refractivity contribution in [2.45, 2.75) is 24.5 Å². The van der Waals surface area contributed by atoms with Crippen molar-refractivity contribution in [3.63, 3.8) is 0 Å². The Bertz CT molecular complexity index is 789. The molecule has 10 heteroatoms. The van der Waals surface area contributed by atoms with Crippen LogP contribution in [0.3, 0.4) is 0 Å². The van der Waals surface area contributed by atoms with Gasteiger partial charge in [-0.3, -0.25) is 0 Å². The molecule has 4 N–H and O–H groups in total. The molecule has 2 aromatic rings. The summed E-state index contributed by atoms with van der Waals surface area (Å²) in [6.45, 7) is -0.375. The van der Waals surface area contributed by atoms with Gasteiger partial charge in [0, 0.05) is 13.3 Å². The molecule has 1 fully saturated rings. The lowest BCUT2D eigenvalue weighted by Crippen LogP contribution is -2.34. The second-order valence-corrected chi connectivity index (χ2v) is 5.43. The Morgan fingerprint density at radius 3 is 2.91 bits per heavy atom. The summed E-state index contributed by atoms with van der Waals surface area (Å²) in [6.07, 6.45) is -1.94. The zero-order chi connectivity index (χ0) is 16.7. The van der Waals surface area contributed by atoms with E-state index in [1.165, 1.54) is 17.9 Å². The highest BCUT2D eigenvalue weighted by Gasteiger charge is 2.45. The summed E-state index contributed by atoms with van der Waals surface area (Å²) in [5, 5.41) is 29.1. The van der Waals surface area contributed by atoms with Crippen molar-refractivity contribution in [1.82, 2.24) is 14.5 Å². The van der Waals surface area contributed by atoms with Gasteiger partial charge in [0.1, 0.15) is 29.5 Å². The first-order chi connectivity index (χ1) is 11.0. The fourth-order valence-electron chi connectivity index (χ4n) is 2.75. The average molecular weight is 340 g/mol. The minimum Gasteiger partial charge on any atom is -0.394 e. The zero-order valence-corrected chi connectivity index (χ0v) is 12.8. The first-order valence-corrected chi connectivity index (χ1v) is 7.10. The molecule has 4 atom stereocenters. The second-order valence-electron chi connectivity index (χ2n) is 5.07. The lowest BCUT2D eigenvalue weighted by Gasteiger charge is -2.20. The van der Waals surface area contributed by atoms with Gasteiger partial charge in [-0.1, -0.05) is 11.6 Å². The first kappa shape index (κ1) is 15.9. The number of anilines is 1. The maximum Gasteiger partial charge on any atom is 0.223 e. The Balaban J connectivity index is 2.19. The van der Waals surface area contributed by atoms with E-state index in [4.69, 9.17) is 26.8 Å². The number of ether oxygens (including phenoxy) is 2. The zero-order valence-electron chi connectivity index (χ0n) is 12.0. The van der Waals surface area contributed by atoms with Crippen LogP contribution in [0.2, 0.25) is 5.15 Å². The van der Waals surface area contributed by atoms with E-state index in [9.17, 15) is 15.5 Å². The van der Waals surface area contributed by atoms with E-state index in [0.717, 1.165) is 0 Å². The smallest absolute Gasteiger partial charge is 0.223 e. The molecular formula is C13H14ClN5O4. The molecule has 0 bridgehead atoms. The third kappa shape index (κ3) is 2.41. The number of rotatable bonds is 3. The number of aliphatic hydroxyl groups is 2. The van der Waals surface area contributed by atoms with Crippen LogP contribution in [0.1, 0.15) is 11.8 Å². The number of halogens is 1. The van der Waals surface area contributed by atoms with E-state index < -0.39 is 24.5 Å². The van der Waals surface area contributed by atoms with E-state index in [1.54, 1.807) is 0 Å². The summed E-state index contributed by atoms with van der Waals surface area (Å²) in [5.74, 6) is -0.0578. The molecule has 0 radical (unpaired) electrons. The molecule has 3 rings (SSSR count). The van der Waals surface area contributed by atoms with Crippen LogP contribution in [0.15, 0.2) is 6.20 Å². The van der Waals surface area contributed by atoms with Gasteiger partial charge in [-0.2, -0.15) is 10.2 Å². The standard InChI is InChI=1S/C13H14ClN5O4/c1-22-9-8(21)6(4-20)23-12(9)19-3-5(2-15)7-10(14)17-13(16)18-11(7)19/h3,6,8-9,12,20-21H,4H2,1H3,(H2,16,17,18)/t6-,8-,9-,12-/m1/s1. The minimum absolute atomic E-state index is 0.0500. The van der Waals surface area contributed by atoms with Crippen LogP contribution < -0.4 is 5.73 Å². The lowest BCUT2D eigenvalue weighted by atomic mass is 10.1. The predicted octanol–water partition coefficient (Wildman–Crippen LogP) is -0.196. The van der Waals surface area contributed by atoms with Gasteiger partial charge in [-0.15, -0.1) is 0 Å². The van der Waals surface area contributed by atoms with Crippen molar-refractivity contribution in [1.29, 1.82) is 5.26 Å². The maximum absolute atomic E-state index is 10.2. The fourth-order valence-corrected chi connectivity index (χ4v) is 3.02. The molecule has 0 aliphatic carbocycles. The number of hydrogen-bond donors (Lipinski definition) is 3. The van der Waals surface area contributed by atoms with Crippen LogP contribution in [0.25, 0.3) is 11.0 Å². The predicted molar refractivity (Wildman–Crippen MR) is 79.5 cm³/mol. The van der Waals surface area contributed by atoms with E-state index >= 15 is 0 Å². The van der Waals surface area contributed by atoms with Crippen LogP contribution >= 0.6 is 11.6 Å². The number of nitrogen functional groups attached to an aromatic ring is 1. The Morgan fingerprint density at radius 1 is 1.57 bits per heavy atom. The Labute approximate surface area is 135 Å². The largest absolute Gasteiger partial charge is 0.394 e. The molecule has 1 aliphatic heterocycles. The molecule has 0 aromatic carbocycles. The van der Waals surface area contributed by atoms with E-state index in [1.807, 2.05) is 6.07 Å². The molecule has 0 unspecified atom stereocenters. The van der Waals surface area contributed by atoms with Crippen molar-refractivity contribution in [2.75, 3.05) is 19.5 Å². The molecular weight excluding hydrogens is 326 g/mol. The topological polar surface area (TPSA) is 139 Å². The summed E-state index contributed by atoms with van der Waals surface area (Å²) in [5.41, 5.74) is 6.16. The highest BCUT2D eigenvalue weighted by atomic mass is 35.5. The van der Waals surface area contributed by atoms with Crippen LogP contribution in [-0.4, -0.2) is 56.8 Å². The van der Waals surface area contributed by atoms with Gasteiger partial charge in [0.15, 0.2) is 11.9 Å². The lowest BCUT2D eigenvalue weighted by molar-refractivity contribution is -0.0580. The molecule has 2 aromatic heterocycles. The normalized spacial score (nSPS) is 27.4. The third-order valence-corrected chi connectivity index (χ3v) is 4.08. The van der Waals surface area contributed by atoms with Gasteiger partial charge in [0.25, 0.3) is 0 Å². The number of nitriles is 1. The second kappa shape index (κ2) is 5.92. The van der Waals surface area contributed by atoms with Crippen molar-refractivity contribution < 1.29 is 19.7 Å². The van der Waals surface area contributed by atoms with Crippen LogP contribution in [0.4, 0.5) is 5.95 Å². The van der Waals surface area contributed by atoms with Gasteiger partial charge in [-0.25, -0.2) is 4.98 Å². The highest BCUT2D eigenvalue weighted by molar-refractivity contribution is 6.34. The number of hydrogen-bond acceptors (Lipinski definition) is 8. The number of nitrogens with zero attached hydrogens (tertiary/aromatic N) is 4. The summed E-state index contributed by atoms with van der Waals surface area (Å²) in [7, 11) is 1.41. The molecule has 23 heavy (non-hydrogen) atoms. The van der Waals surface area contributed by atoms with Crippen molar-refractivity contribution in [2.24, 2.45) is 0 Å². The monoisotopic (exact) mass is 339 g/mol. The van der Waals surface area contributed by atoms with Crippen LogP contribution in [0.5, 0.6) is 0 Å². The van der Waals surface area contributed by atoms with Crippen LogP contribution in [-0.2, 0) is 9.47 Å². The average Bonchev–Trinajstić information content (AvgIpc) is 3.04. The van der Waals surface area contributed by atoms with Crippen molar-refractivity contribution in [3.05, 3.63) is 16.9 Å². The number of aliphatic hydroxyl groups excluding tert-OH is 2. The maximum atomic E-state index is 10.2. The number of nitrogens with two attached hydrogens (primary N) is 1. The summed E-state index contributed by atoms with van der Waals surface area (Å²) >= 11 is 6.06. The molecule has 122 valence electrons. The van der Waals surface area contributed by atoms with Crippen molar-refractivity contribution >= 4 is 28.6 Å². The van der Waals surface area contributed by atoms with Gasteiger partial charge < -0.3 is 30.0 Å². The Morgan fingerprint density at radius 2 is 2.30 bits per heavy atom.